The molecule has 0 radical (unpaired) electrons. The minimum absolute atomic E-state index is 1.10. The van der Waals surface area contributed by atoms with Crippen molar-refractivity contribution in [1.29, 1.82) is 0 Å². The van der Waals surface area contributed by atoms with Crippen LogP contribution >= 0.6 is 0 Å². The monoisotopic (exact) mass is 193 g/mol. The zero-order valence-electron chi connectivity index (χ0n) is 8.57. The molecule has 0 aliphatic heterocycles. The van der Waals surface area contributed by atoms with Gasteiger partial charge in [0.25, 0.3) is 0 Å². The predicted molar refractivity (Wildman–Crippen MR) is 64.0 cm³/mol. The molecule has 0 amide bonds. The summed E-state index contributed by atoms with van der Waals surface area (Å²) in [6, 6.07) is 14.9. The third kappa shape index (κ3) is 1.20. The number of pyridine rings is 1. The van der Waals surface area contributed by atoms with Gasteiger partial charge in [0.05, 0.1) is 0 Å². The summed E-state index contributed by atoms with van der Waals surface area (Å²) in [5.41, 5.74) is 1.10. The van der Waals surface area contributed by atoms with E-state index in [2.05, 4.69) is 54.4 Å². The summed E-state index contributed by atoms with van der Waals surface area (Å²) in [5.74, 6) is 0. The van der Waals surface area contributed by atoms with Gasteiger partial charge in [-0.2, -0.15) is 0 Å². The fourth-order valence-electron chi connectivity index (χ4n) is 2.08. The van der Waals surface area contributed by atoms with Gasteiger partial charge in [0.1, 0.15) is 0 Å². The van der Waals surface area contributed by atoms with Crippen molar-refractivity contribution in [2.45, 2.75) is 6.92 Å². The highest BCUT2D eigenvalue weighted by Gasteiger charge is 2.01. The van der Waals surface area contributed by atoms with E-state index in [4.69, 9.17) is 0 Å². The number of fused-ring (bicyclic) bond motifs is 3. The molecule has 0 saturated carbocycles. The fraction of sp³-hybridized carbons (Fsp3) is 0.0714. The van der Waals surface area contributed by atoms with Crippen molar-refractivity contribution in [3.05, 3.63) is 54.4 Å². The summed E-state index contributed by atoms with van der Waals surface area (Å²) in [4.78, 5) is 4.31. The molecule has 0 aliphatic rings. The lowest BCUT2D eigenvalue weighted by molar-refractivity contribution is 1.24. The highest BCUT2D eigenvalue weighted by molar-refractivity contribution is 6.07. The number of benzene rings is 2. The maximum atomic E-state index is 4.31. The summed E-state index contributed by atoms with van der Waals surface area (Å²) in [7, 11) is 0. The van der Waals surface area contributed by atoms with Crippen molar-refractivity contribution in [3.63, 3.8) is 0 Å². The summed E-state index contributed by atoms with van der Waals surface area (Å²) in [6.07, 6.45) is 1.88. The Morgan fingerprint density at radius 1 is 0.800 bits per heavy atom. The van der Waals surface area contributed by atoms with E-state index in [0.29, 0.717) is 0 Å². The molecule has 1 nitrogen and oxygen atoms in total. The standard InChI is InChI=1S/C14H11N/c1-10-12-7-6-11-4-2-3-5-13(11)14(12)8-9-15-10/h2-9H,1H3. The first-order chi connectivity index (χ1) is 7.36. The Bertz CT molecular complexity index is 641. The summed E-state index contributed by atoms with van der Waals surface area (Å²) in [5, 5.41) is 5.13. The van der Waals surface area contributed by atoms with Gasteiger partial charge in [-0.05, 0) is 29.1 Å². The molecule has 0 saturated heterocycles. The van der Waals surface area contributed by atoms with Crippen LogP contribution in [0.15, 0.2) is 48.7 Å². The van der Waals surface area contributed by atoms with Gasteiger partial charge in [0.15, 0.2) is 0 Å². The molecule has 0 bridgehead atoms. The van der Waals surface area contributed by atoms with Crippen molar-refractivity contribution in [2.24, 2.45) is 0 Å². The van der Waals surface area contributed by atoms with Gasteiger partial charge in [0, 0.05) is 17.3 Å². The normalized spacial score (nSPS) is 11.0. The van der Waals surface area contributed by atoms with Crippen LogP contribution in [0.25, 0.3) is 21.5 Å². The van der Waals surface area contributed by atoms with E-state index in [9.17, 15) is 0 Å². The second-order valence-corrected chi connectivity index (χ2v) is 3.78. The highest BCUT2D eigenvalue weighted by atomic mass is 14.7. The van der Waals surface area contributed by atoms with Gasteiger partial charge >= 0.3 is 0 Å². The van der Waals surface area contributed by atoms with Crippen LogP contribution in [-0.4, -0.2) is 4.98 Å². The minimum Gasteiger partial charge on any atom is -0.261 e. The molecule has 0 N–H and O–H groups in total. The predicted octanol–water partition coefficient (Wildman–Crippen LogP) is 3.70. The van der Waals surface area contributed by atoms with Gasteiger partial charge in [-0.1, -0.05) is 36.4 Å². The molecular weight excluding hydrogens is 182 g/mol. The minimum atomic E-state index is 1.10. The molecule has 0 spiro atoms. The largest absolute Gasteiger partial charge is 0.261 e. The van der Waals surface area contributed by atoms with Gasteiger partial charge in [-0.3, -0.25) is 4.98 Å². The Morgan fingerprint density at radius 3 is 2.60 bits per heavy atom. The first-order valence-electron chi connectivity index (χ1n) is 5.09. The molecule has 0 unspecified atom stereocenters. The van der Waals surface area contributed by atoms with E-state index < -0.39 is 0 Å². The first-order valence-corrected chi connectivity index (χ1v) is 5.09. The van der Waals surface area contributed by atoms with Gasteiger partial charge < -0.3 is 0 Å². The molecule has 0 aliphatic carbocycles. The Balaban J connectivity index is 2.60. The maximum absolute atomic E-state index is 4.31. The quantitative estimate of drug-likeness (QED) is 0.496. The zero-order chi connectivity index (χ0) is 10.3. The van der Waals surface area contributed by atoms with E-state index in [1.54, 1.807) is 0 Å². The van der Waals surface area contributed by atoms with E-state index >= 15 is 0 Å². The highest BCUT2D eigenvalue weighted by Crippen LogP contribution is 2.25. The average Bonchev–Trinajstić information content (AvgIpc) is 2.29. The lowest BCUT2D eigenvalue weighted by atomic mass is 10.0. The summed E-state index contributed by atoms with van der Waals surface area (Å²) in [6.45, 7) is 2.05. The zero-order valence-corrected chi connectivity index (χ0v) is 8.57. The number of hydrogen-bond acceptors (Lipinski definition) is 1. The lowest BCUT2D eigenvalue weighted by Crippen LogP contribution is -1.84. The second-order valence-electron chi connectivity index (χ2n) is 3.78. The Labute approximate surface area is 88.4 Å². The van der Waals surface area contributed by atoms with Gasteiger partial charge in [-0.25, -0.2) is 0 Å². The second kappa shape index (κ2) is 3.06. The third-order valence-corrected chi connectivity index (χ3v) is 2.87. The van der Waals surface area contributed by atoms with Crippen LogP contribution in [0.3, 0.4) is 0 Å². The van der Waals surface area contributed by atoms with Gasteiger partial charge in [0.2, 0.25) is 0 Å². The lowest BCUT2D eigenvalue weighted by Gasteiger charge is -2.04. The molecule has 15 heavy (non-hydrogen) atoms. The Morgan fingerprint density at radius 2 is 1.67 bits per heavy atom. The Kier molecular flexibility index (Phi) is 1.72. The van der Waals surface area contributed by atoms with Crippen molar-refractivity contribution in [2.75, 3.05) is 0 Å². The number of rotatable bonds is 0. The van der Waals surface area contributed by atoms with Crippen molar-refractivity contribution in [1.82, 2.24) is 4.98 Å². The topological polar surface area (TPSA) is 12.9 Å². The summed E-state index contributed by atoms with van der Waals surface area (Å²) >= 11 is 0. The van der Waals surface area contributed by atoms with Crippen molar-refractivity contribution < 1.29 is 0 Å². The van der Waals surface area contributed by atoms with Crippen molar-refractivity contribution >= 4 is 21.5 Å². The van der Waals surface area contributed by atoms with Crippen LogP contribution in [0, 0.1) is 6.92 Å². The average molecular weight is 193 g/mol. The third-order valence-electron chi connectivity index (χ3n) is 2.87. The number of nitrogens with zero attached hydrogens (tertiary/aromatic N) is 1. The fourth-order valence-corrected chi connectivity index (χ4v) is 2.08. The molecule has 1 heterocycles. The molecule has 1 heteroatoms. The van der Waals surface area contributed by atoms with E-state index in [0.717, 1.165) is 5.69 Å². The number of hydrogen-bond donors (Lipinski definition) is 0. The van der Waals surface area contributed by atoms with Gasteiger partial charge in [-0.15, -0.1) is 0 Å². The van der Waals surface area contributed by atoms with Crippen LogP contribution in [0.2, 0.25) is 0 Å². The molecule has 0 atom stereocenters. The molecular formula is C14H11N. The summed E-state index contributed by atoms with van der Waals surface area (Å²) < 4.78 is 0. The number of aryl methyl sites for hydroxylation is 1. The Hall–Kier alpha value is -1.89. The first kappa shape index (κ1) is 8.42. The SMILES string of the molecule is Cc1nccc2c1ccc1ccccc12. The molecule has 3 aromatic rings. The molecule has 72 valence electrons. The van der Waals surface area contributed by atoms with Crippen LogP contribution in [0.5, 0.6) is 0 Å². The molecule has 1 aromatic heterocycles. The molecule has 0 fully saturated rings. The van der Waals surface area contributed by atoms with Crippen LogP contribution in [0.4, 0.5) is 0 Å². The molecule has 2 aromatic carbocycles. The van der Waals surface area contributed by atoms with Crippen LogP contribution in [-0.2, 0) is 0 Å². The molecule has 3 rings (SSSR count). The van der Waals surface area contributed by atoms with Crippen LogP contribution in [0.1, 0.15) is 5.69 Å². The van der Waals surface area contributed by atoms with Crippen molar-refractivity contribution in [3.8, 4) is 0 Å². The van der Waals surface area contributed by atoms with E-state index in [1.807, 2.05) is 6.20 Å². The van der Waals surface area contributed by atoms with E-state index in [-0.39, 0.29) is 0 Å². The smallest absolute Gasteiger partial charge is 0.0451 e. The maximum Gasteiger partial charge on any atom is 0.0451 e. The van der Waals surface area contributed by atoms with Crippen LogP contribution < -0.4 is 0 Å². The van der Waals surface area contributed by atoms with E-state index in [1.165, 1.54) is 21.5 Å². The number of aromatic nitrogens is 1.